The highest BCUT2D eigenvalue weighted by Crippen LogP contribution is 2.54. The standard InChI is InChI=1S/C19H20N4O3/c1-12(26-11-24)15-8-13-16(10-21-15)22-18(25)14(9-20)17(13)23-6-4-19(2-3-19)5-7-23/h8,10-12H,2-7H2,1H3,(H,22,25). The highest BCUT2D eigenvalue weighted by molar-refractivity contribution is 5.94. The maximum absolute atomic E-state index is 12.4. The minimum absolute atomic E-state index is 0.130. The Morgan fingerprint density at radius 3 is 2.73 bits per heavy atom. The van der Waals surface area contributed by atoms with Gasteiger partial charge in [-0.3, -0.25) is 14.6 Å². The van der Waals surface area contributed by atoms with Gasteiger partial charge in [-0.2, -0.15) is 5.26 Å². The van der Waals surface area contributed by atoms with Crippen molar-refractivity contribution in [2.75, 3.05) is 18.0 Å². The fraction of sp³-hybridized carbons (Fsp3) is 0.474. The number of ether oxygens (including phenoxy) is 1. The number of aromatic nitrogens is 2. The van der Waals surface area contributed by atoms with Gasteiger partial charge in [0, 0.05) is 18.5 Å². The molecule has 1 saturated heterocycles. The minimum atomic E-state index is -0.502. The second kappa shape index (κ2) is 6.13. The maximum Gasteiger partial charge on any atom is 0.293 e. The second-order valence-electron chi connectivity index (χ2n) is 7.31. The molecule has 134 valence electrons. The van der Waals surface area contributed by atoms with Crippen molar-refractivity contribution >= 4 is 23.1 Å². The van der Waals surface area contributed by atoms with E-state index in [-0.39, 0.29) is 5.56 Å². The van der Waals surface area contributed by atoms with Crippen LogP contribution in [-0.4, -0.2) is 29.5 Å². The van der Waals surface area contributed by atoms with Gasteiger partial charge in [0.05, 0.1) is 23.1 Å². The van der Waals surface area contributed by atoms with Gasteiger partial charge in [-0.1, -0.05) is 0 Å². The van der Waals surface area contributed by atoms with Crippen LogP contribution in [0.1, 0.15) is 50.0 Å². The molecule has 7 nitrogen and oxygen atoms in total. The Labute approximate surface area is 150 Å². The summed E-state index contributed by atoms with van der Waals surface area (Å²) in [6, 6.07) is 3.87. The van der Waals surface area contributed by atoms with Gasteiger partial charge in [-0.15, -0.1) is 0 Å². The zero-order chi connectivity index (χ0) is 18.3. The van der Waals surface area contributed by atoms with E-state index < -0.39 is 11.7 Å². The molecule has 1 aliphatic heterocycles. The van der Waals surface area contributed by atoms with Crippen LogP contribution in [0.4, 0.5) is 5.69 Å². The molecule has 1 saturated carbocycles. The van der Waals surface area contributed by atoms with Crippen molar-refractivity contribution in [1.29, 1.82) is 5.26 Å². The summed E-state index contributed by atoms with van der Waals surface area (Å²) in [7, 11) is 0. The highest BCUT2D eigenvalue weighted by Gasteiger charge is 2.44. The molecular formula is C19H20N4O3. The predicted octanol–water partition coefficient (Wildman–Crippen LogP) is 2.41. The van der Waals surface area contributed by atoms with Crippen LogP contribution in [0.3, 0.4) is 0 Å². The van der Waals surface area contributed by atoms with Crippen molar-refractivity contribution in [3.63, 3.8) is 0 Å². The number of nitriles is 1. The number of carbonyl (C=O) groups excluding carboxylic acids is 1. The average Bonchev–Trinajstić information content (AvgIpc) is 3.40. The molecule has 1 N–H and O–H groups in total. The summed E-state index contributed by atoms with van der Waals surface area (Å²) in [5, 5.41) is 10.3. The van der Waals surface area contributed by atoms with E-state index in [1.54, 1.807) is 19.2 Å². The Balaban J connectivity index is 1.84. The Hall–Kier alpha value is -2.88. The SMILES string of the molecule is CC(OC=O)c1cc2c(N3CCC4(CC3)CC4)c(C#N)c(=O)[nH]c2cn1. The van der Waals surface area contributed by atoms with E-state index in [1.165, 1.54) is 12.8 Å². The van der Waals surface area contributed by atoms with E-state index >= 15 is 0 Å². The van der Waals surface area contributed by atoms with Crippen LogP contribution in [0.15, 0.2) is 17.1 Å². The van der Waals surface area contributed by atoms with Crippen LogP contribution >= 0.6 is 0 Å². The molecule has 2 fully saturated rings. The van der Waals surface area contributed by atoms with Crippen molar-refractivity contribution in [3.8, 4) is 6.07 Å². The number of H-pyrrole nitrogens is 1. The molecule has 2 aliphatic rings. The first-order chi connectivity index (χ1) is 12.6. The first-order valence-corrected chi connectivity index (χ1v) is 8.87. The summed E-state index contributed by atoms with van der Waals surface area (Å²) in [4.78, 5) is 32.2. The first-order valence-electron chi connectivity index (χ1n) is 8.87. The van der Waals surface area contributed by atoms with Crippen LogP contribution in [-0.2, 0) is 9.53 Å². The molecule has 3 heterocycles. The highest BCUT2D eigenvalue weighted by atomic mass is 16.5. The molecule has 0 amide bonds. The lowest BCUT2D eigenvalue weighted by atomic mass is 9.92. The first kappa shape index (κ1) is 16.6. The number of aromatic amines is 1. The van der Waals surface area contributed by atoms with Crippen molar-refractivity contribution in [1.82, 2.24) is 9.97 Å². The summed E-state index contributed by atoms with van der Waals surface area (Å²) in [5.74, 6) is 0. The van der Waals surface area contributed by atoms with Crippen LogP contribution in [0.2, 0.25) is 0 Å². The number of piperidine rings is 1. The second-order valence-corrected chi connectivity index (χ2v) is 7.31. The fourth-order valence-electron chi connectivity index (χ4n) is 3.88. The van der Waals surface area contributed by atoms with Gasteiger partial charge in [-0.05, 0) is 44.1 Å². The molecule has 2 aromatic heterocycles. The largest absolute Gasteiger partial charge is 0.458 e. The number of nitrogens with zero attached hydrogens (tertiary/aromatic N) is 3. The quantitative estimate of drug-likeness (QED) is 0.848. The van der Waals surface area contributed by atoms with Gasteiger partial charge in [-0.25, -0.2) is 0 Å². The zero-order valence-electron chi connectivity index (χ0n) is 14.6. The normalized spacial score (nSPS) is 19.2. The number of pyridine rings is 2. The van der Waals surface area contributed by atoms with Crippen LogP contribution in [0.25, 0.3) is 10.9 Å². The molecular weight excluding hydrogens is 332 g/mol. The molecule has 26 heavy (non-hydrogen) atoms. The molecule has 0 aromatic carbocycles. The van der Waals surface area contributed by atoms with Crippen LogP contribution < -0.4 is 10.5 Å². The minimum Gasteiger partial charge on any atom is -0.458 e. The number of nitrogens with one attached hydrogen (secondary N) is 1. The van der Waals surface area contributed by atoms with E-state index in [0.29, 0.717) is 28.8 Å². The lowest BCUT2D eigenvalue weighted by Gasteiger charge is -2.34. The van der Waals surface area contributed by atoms with Gasteiger partial charge in [0.25, 0.3) is 12.0 Å². The molecule has 2 aromatic rings. The summed E-state index contributed by atoms with van der Waals surface area (Å²) >= 11 is 0. The average molecular weight is 352 g/mol. The number of fused-ring (bicyclic) bond motifs is 1. The van der Waals surface area contributed by atoms with Crippen LogP contribution in [0.5, 0.6) is 0 Å². The van der Waals surface area contributed by atoms with Crippen molar-refractivity contribution in [2.45, 2.75) is 38.7 Å². The molecule has 0 bridgehead atoms. The van der Waals surface area contributed by atoms with E-state index in [9.17, 15) is 14.9 Å². The smallest absolute Gasteiger partial charge is 0.293 e. The van der Waals surface area contributed by atoms with Crippen molar-refractivity contribution in [2.24, 2.45) is 5.41 Å². The molecule has 1 aliphatic carbocycles. The predicted molar refractivity (Wildman–Crippen MR) is 95.8 cm³/mol. The molecule has 0 radical (unpaired) electrons. The van der Waals surface area contributed by atoms with Gasteiger partial charge in [0.2, 0.25) is 0 Å². The molecule has 1 atom stereocenters. The van der Waals surface area contributed by atoms with Crippen LogP contribution in [0, 0.1) is 16.7 Å². The third-order valence-corrected chi connectivity index (χ3v) is 5.78. The molecule has 1 spiro atoms. The number of hydrogen-bond donors (Lipinski definition) is 1. The van der Waals surface area contributed by atoms with E-state index in [4.69, 9.17) is 4.74 Å². The van der Waals surface area contributed by atoms with E-state index in [0.717, 1.165) is 31.3 Å². The summed E-state index contributed by atoms with van der Waals surface area (Å²) in [6.07, 6.45) is 5.82. The lowest BCUT2D eigenvalue weighted by molar-refractivity contribution is -0.133. The van der Waals surface area contributed by atoms with Gasteiger partial charge in [0.15, 0.2) is 0 Å². The van der Waals surface area contributed by atoms with E-state index in [2.05, 4.69) is 20.9 Å². The van der Waals surface area contributed by atoms with Gasteiger partial charge < -0.3 is 14.6 Å². The zero-order valence-corrected chi connectivity index (χ0v) is 14.6. The molecule has 7 heteroatoms. The summed E-state index contributed by atoms with van der Waals surface area (Å²) in [6.45, 7) is 3.80. The monoisotopic (exact) mass is 352 g/mol. The number of hydrogen-bond acceptors (Lipinski definition) is 6. The molecule has 1 unspecified atom stereocenters. The Kier molecular flexibility index (Phi) is 3.91. The Bertz CT molecular complexity index is 961. The van der Waals surface area contributed by atoms with Gasteiger partial charge in [0.1, 0.15) is 17.7 Å². The Morgan fingerprint density at radius 2 is 2.12 bits per heavy atom. The van der Waals surface area contributed by atoms with Crippen molar-refractivity contribution < 1.29 is 9.53 Å². The summed E-state index contributed by atoms with van der Waals surface area (Å²) < 4.78 is 4.98. The molecule has 4 rings (SSSR count). The van der Waals surface area contributed by atoms with E-state index in [1.807, 2.05) is 0 Å². The maximum atomic E-state index is 12.4. The topological polar surface area (TPSA) is 99.1 Å². The third-order valence-electron chi connectivity index (χ3n) is 5.78. The third kappa shape index (κ3) is 2.71. The number of carbonyl (C=O) groups is 1. The number of rotatable bonds is 4. The van der Waals surface area contributed by atoms with Crippen molar-refractivity contribution in [3.05, 3.63) is 33.9 Å². The lowest BCUT2D eigenvalue weighted by Crippen LogP contribution is -2.36. The van der Waals surface area contributed by atoms with Gasteiger partial charge >= 0.3 is 0 Å². The number of anilines is 1. The fourth-order valence-corrected chi connectivity index (χ4v) is 3.88. The Morgan fingerprint density at radius 1 is 1.38 bits per heavy atom. The summed E-state index contributed by atoms with van der Waals surface area (Å²) in [5.41, 5.74) is 2.07.